The molecular weight excluding hydrogens is 406 g/mol. The van der Waals surface area contributed by atoms with E-state index in [2.05, 4.69) is 20.3 Å². The van der Waals surface area contributed by atoms with Crippen molar-refractivity contribution in [3.63, 3.8) is 0 Å². The van der Waals surface area contributed by atoms with Crippen LogP contribution in [0.15, 0.2) is 48.5 Å². The number of nitrogens with zero attached hydrogens (tertiary/aromatic N) is 4. The first kappa shape index (κ1) is 21.5. The number of benzene rings is 2. The molecule has 0 bridgehead atoms. The Balaban J connectivity index is 1.46. The van der Waals surface area contributed by atoms with Gasteiger partial charge in [0.05, 0.1) is 12.1 Å². The second kappa shape index (κ2) is 9.21. The van der Waals surface area contributed by atoms with Gasteiger partial charge in [-0.1, -0.05) is 36.8 Å². The van der Waals surface area contributed by atoms with E-state index in [1.807, 2.05) is 69.3 Å². The average molecular weight is 434 g/mol. The molecule has 1 saturated heterocycles. The highest BCUT2D eigenvalue weighted by Crippen LogP contribution is 2.26. The number of aromatic nitrogens is 3. The minimum atomic E-state index is -0.425. The summed E-state index contributed by atoms with van der Waals surface area (Å²) in [6, 6.07) is 15.7. The van der Waals surface area contributed by atoms with Gasteiger partial charge in [-0.3, -0.25) is 0 Å². The normalized spacial score (nSPS) is 16.6. The molecule has 0 aliphatic carbocycles. The smallest absolute Gasteiger partial charge is 0.417 e. The lowest BCUT2D eigenvalue weighted by atomic mass is 10.1. The number of ether oxygens (including phenoxy) is 2. The second-order valence-corrected chi connectivity index (χ2v) is 7.87. The van der Waals surface area contributed by atoms with Crippen LogP contribution in [0.2, 0.25) is 0 Å². The lowest BCUT2D eigenvalue weighted by Gasteiger charge is -2.20. The van der Waals surface area contributed by atoms with Crippen LogP contribution in [0, 0.1) is 13.8 Å². The van der Waals surface area contributed by atoms with Crippen LogP contribution >= 0.6 is 0 Å². The van der Waals surface area contributed by atoms with E-state index in [9.17, 15) is 4.79 Å². The molecule has 2 atom stereocenters. The average Bonchev–Trinajstić information content (AvgIpc) is 3.16. The third-order valence-corrected chi connectivity index (χ3v) is 5.37. The van der Waals surface area contributed by atoms with E-state index in [1.54, 1.807) is 6.92 Å². The fourth-order valence-corrected chi connectivity index (χ4v) is 3.49. The predicted molar refractivity (Wildman–Crippen MR) is 122 cm³/mol. The molecule has 1 aromatic heterocycles. The summed E-state index contributed by atoms with van der Waals surface area (Å²) in [5, 5.41) is 3.30. The molecule has 1 amide bonds. The highest BCUT2D eigenvalue weighted by atomic mass is 16.6. The number of aryl methyl sites for hydroxylation is 2. The van der Waals surface area contributed by atoms with Crippen molar-refractivity contribution in [3.05, 3.63) is 65.5 Å². The number of hydrogen-bond donors (Lipinski definition) is 1. The van der Waals surface area contributed by atoms with Crippen molar-refractivity contribution in [1.29, 1.82) is 0 Å². The zero-order chi connectivity index (χ0) is 22.7. The minimum Gasteiger partial charge on any atom is -0.457 e. The number of rotatable bonds is 7. The highest BCUT2D eigenvalue weighted by molar-refractivity contribution is 5.88. The maximum atomic E-state index is 12.2. The van der Waals surface area contributed by atoms with Crippen LogP contribution in [0.3, 0.4) is 0 Å². The summed E-state index contributed by atoms with van der Waals surface area (Å²) in [6.07, 6.45) is 0.331. The fraction of sp³-hybridized carbons (Fsp3) is 0.333. The molecule has 3 aromatic rings. The van der Waals surface area contributed by atoms with Crippen LogP contribution in [-0.4, -0.2) is 33.7 Å². The summed E-state index contributed by atoms with van der Waals surface area (Å²) < 4.78 is 11.1. The van der Waals surface area contributed by atoms with Gasteiger partial charge in [-0.2, -0.15) is 15.0 Å². The summed E-state index contributed by atoms with van der Waals surface area (Å²) in [5.74, 6) is 2.81. The van der Waals surface area contributed by atoms with Crippen molar-refractivity contribution in [3.8, 4) is 11.5 Å². The molecule has 32 heavy (non-hydrogen) atoms. The van der Waals surface area contributed by atoms with Gasteiger partial charge in [-0.25, -0.2) is 9.69 Å². The summed E-state index contributed by atoms with van der Waals surface area (Å²) in [6.45, 7) is 8.19. The van der Waals surface area contributed by atoms with Crippen LogP contribution in [0.1, 0.15) is 43.3 Å². The van der Waals surface area contributed by atoms with Crippen LogP contribution in [-0.2, 0) is 4.74 Å². The number of carbonyl (C=O) groups excluding carboxylic acids is 1. The largest absolute Gasteiger partial charge is 0.457 e. The van der Waals surface area contributed by atoms with E-state index < -0.39 is 6.09 Å². The molecule has 1 unspecified atom stereocenters. The Kier molecular flexibility index (Phi) is 6.20. The van der Waals surface area contributed by atoms with Gasteiger partial charge in [0.1, 0.15) is 23.9 Å². The van der Waals surface area contributed by atoms with Crippen molar-refractivity contribution < 1.29 is 14.3 Å². The fourth-order valence-electron chi connectivity index (χ4n) is 3.49. The van der Waals surface area contributed by atoms with Gasteiger partial charge in [0.2, 0.25) is 11.9 Å². The molecule has 2 aromatic carbocycles. The minimum absolute atomic E-state index is 0.0643. The Morgan fingerprint density at radius 2 is 1.72 bits per heavy atom. The number of cyclic esters (lactones) is 1. The molecule has 1 aliphatic rings. The van der Waals surface area contributed by atoms with Crippen molar-refractivity contribution >= 4 is 18.0 Å². The van der Waals surface area contributed by atoms with Crippen molar-refractivity contribution in [1.82, 2.24) is 15.0 Å². The van der Waals surface area contributed by atoms with E-state index in [0.717, 1.165) is 23.5 Å². The first-order valence-electron chi connectivity index (χ1n) is 10.7. The maximum absolute atomic E-state index is 12.2. The zero-order valence-electron chi connectivity index (χ0n) is 18.7. The van der Waals surface area contributed by atoms with Gasteiger partial charge in [0, 0.05) is 0 Å². The van der Waals surface area contributed by atoms with Crippen LogP contribution < -0.4 is 15.0 Å². The third-order valence-electron chi connectivity index (χ3n) is 5.37. The molecule has 0 spiro atoms. The molecule has 2 heterocycles. The lowest BCUT2D eigenvalue weighted by Crippen LogP contribution is -2.34. The van der Waals surface area contributed by atoms with Crippen LogP contribution in [0.4, 0.5) is 16.7 Å². The van der Waals surface area contributed by atoms with Crippen LogP contribution in [0.5, 0.6) is 11.5 Å². The molecule has 8 heteroatoms. The monoisotopic (exact) mass is 433 g/mol. The van der Waals surface area contributed by atoms with Gasteiger partial charge in [0.15, 0.2) is 0 Å². The first-order chi connectivity index (χ1) is 15.4. The van der Waals surface area contributed by atoms with Gasteiger partial charge in [-0.05, 0) is 57.0 Å². The van der Waals surface area contributed by atoms with Gasteiger partial charge < -0.3 is 14.8 Å². The van der Waals surface area contributed by atoms with Gasteiger partial charge in [-0.15, -0.1) is 0 Å². The second-order valence-electron chi connectivity index (χ2n) is 7.87. The van der Waals surface area contributed by atoms with E-state index in [1.165, 1.54) is 10.5 Å². The summed E-state index contributed by atoms with van der Waals surface area (Å²) in [5.41, 5.74) is 2.24. The Labute approximate surface area is 187 Å². The standard InChI is InChI=1S/C24H27N5O3/c1-5-19-14-31-24(30)29(19)23-27-17(4)26-22(28-23)25-16(3)18-8-12-21(13-9-18)32-20-10-6-15(2)7-11-20/h6-13,16,19H,5,14H2,1-4H3,(H,25,26,27,28)/t16-,19?/m0/s1. The first-order valence-corrected chi connectivity index (χ1v) is 10.7. The number of carbonyl (C=O) groups is 1. The SMILES string of the molecule is CCC1COC(=O)N1c1nc(C)nc(N[C@@H](C)c2ccc(Oc3ccc(C)cc3)cc2)n1. The summed E-state index contributed by atoms with van der Waals surface area (Å²) >= 11 is 0. The number of amides is 1. The predicted octanol–water partition coefficient (Wildman–Crippen LogP) is 5.19. The van der Waals surface area contributed by atoms with E-state index >= 15 is 0 Å². The Morgan fingerprint density at radius 1 is 1.06 bits per heavy atom. The molecule has 166 valence electrons. The van der Waals surface area contributed by atoms with Gasteiger partial charge in [0.25, 0.3) is 0 Å². The molecular formula is C24H27N5O3. The Hall–Kier alpha value is -3.68. The number of hydrogen-bond acceptors (Lipinski definition) is 7. The topological polar surface area (TPSA) is 89.5 Å². The van der Waals surface area contributed by atoms with Crippen LogP contribution in [0.25, 0.3) is 0 Å². The molecule has 0 radical (unpaired) electrons. The quantitative estimate of drug-likeness (QED) is 0.548. The van der Waals surface area contributed by atoms with Crippen molar-refractivity contribution in [2.75, 3.05) is 16.8 Å². The summed E-state index contributed by atoms with van der Waals surface area (Å²) in [4.78, 5) is 26.9. The van der Waals surface area contributed by atoms with E-state index in [-0.39, 0.29) is 12.1 Å². The molecule has 1 N–H and O–H groups in total. The van der Waals surface area contributed by atoms with Crippen molar-refractivity contribution in [2.24, 2.45) is 0 Å². The molecule has 4 rings (SSSR count). The summed E-state index contributed by atoms with van der Waals surface area (Å²) in [7, 11) is 0. The van der Waals surface area contributed by atoms with E-state index in [0.29, 0.717) is 24.3 Å². The Bertz CT molecular complexity index is 1090. The van der Waals surface area contributed by atoms with E-state index in [4.69, 9.17) is 9.47 Å². The third kappa shape index (κ3) is 4.80. The molecule has 0 saturated carbocycles. The molecule has 8 nitrogen and oxygen atoms in total. The molecule has 1 fully saturated rings. The molecule has 1 aliphatic heterocycles. The lowest BCUT2D eigenvalue weighted by molar-refractivity contribution is 0.178. The Morgan fingerprint density at radius 3 is 2.38 bits per heavy atom. The highest BCUT2D eigenvalue weighted by Gasteiger charge is 2.35. The number of nitrogens with one attached hydrogen (secondary N) is 1. The van der Waals surface area contributed by atoms with Gasteiger partial charge >= 0.3 is 6.09 Å². The zero-order valence-corrected chi connectivity index (χ0v) is 18.7. The maximum Gasteiger partial charge on any atom is 0.417 e. The number of anilines is 2. The van der Waals surface area contributed by atoms with Crippen molar-refractivity contribution in [2.45, 2.75) is 46.2 Å².